The third kappa shape index (κ3) is 2.01. The topological polar surface area (TPSA) is 54.3 Å². The van der Waals surface area contributed by atoms with E-state index >= 15 is 0 Å². The Kier molecular flexibility index (Phi) is 3.13. The second-order valence-corrected chi connectivity index (χ2v) is 6.76. The molecule has 1 fully saturated rings. The van der Waals surface area contributed by atoms with Crippen molar-refractivity contribution in [1.29, 1.82) is 0 Å². The zero-order valence-electron chi connectivity index (χ0n) is 12.1. The molecule has 0 saturated carbocycles. The molecule has 2 atom stereocenters. The van der Waals surface area contributed by atoms with Gasteiger partial charge in [-0.25, -0.2) is 0 Å². The number of benzene rings is 2. The van der Waals surface area contributed by atoms with Crippen LogP contribution >= 0.6 is 11.8 Å². The molecule has 0 radical (unpaired) electrons. The lowest BCUT2D eigenvalue weighted by atomic mass is 10.1. The van der Waals surface area contributed by atoms with Crippen molar-refractivity contribution in [2.45, 2.75) is 11.4 Å². The van der Waals surface area contributed by atoms with Crippen molar-refractivity contribution in [3.63, 3.8) is 0 Å². The molecule has 3 aromatic rings. The molecule has 1 saturated heterocycles. The Balaban J connectivity index is 1.81. The van der Waals surface area contributed by atoms with Crippen LogP contribution in [0.3, 0.4) is 0 Å². The summed E-state index contributed by atoms with van der Waals surface area (Å²) in [5.41, 5.74) is 3.55. The van der Waals surface area contributed by atoms with E-state index in [1.807, 2.05) is 6.07 Å². The largest absolute Gasteiger partial charge is 0.480 e. The second-order valence-electron chi connectivity index (χ2n) is 5.62. The van der Waals surface area contributed by atoms with Gasteiger partial charge in [-0.05, 0) is 23.8 Å². The maximum Gasteiger partial charge on any atom is 0.321 e. The van der Waals surface area contributed by atoms with Crippen molar-refractivity contribution in [1.82, 2.24) is 9.88 Å². The molecule has 0 aliphatic carbocycles. The molecule has 1 aliphatic heterocycles. The first-order valence-corrected chi connectivity index (χ1v) is 8.27. The number of aliphatic carboxylic acids is 1. The lowest BCUT2D eigenvalue weighted by Crippen LogP contribution is -2.33. The van der Waals surface area contributed by atoms with Crippen LogP contribution < -0.4 is 5.32 Å². The van der Waals surface area contributed by atoms with Crippen molar-refractivity contribution in [3.05, 3.63) is 48.0 Å². The molecule has 4 rings (SSSR count). The van der Waals surface area contributed by atoms with Gasteiger partial charge in [-0.1, -0.05) is 24.3 Å². The molecule has 0 bridgehead atoms. The Labute approximate surface area is 132 Å². The molecule has 5 heteroatoms. The normalized spacial score (nSPS) is 21.7. The van der Waals surface area contributed by atoms with Gasteiger partial charge in [0.05, 0.1) is 5.37 Å². The van der Waals surface area contributed by atoms with Crippen LogP contribution in [-0.2, 0) is 11.8 Å². The number of carboxylic acid groups (broad SMARTS) is 1. The number of thioether (sulfide) groups is 1. The molecular weight excluding hydrogens is 296 g/mol. The SMILES string of the molecule is Cn1c2ccccc2c2cc([C@H]3N[C@H](C(=O)O)CS3)ccc21. The maximum atomic E-state index is 11.1. The number of carbonyl (C=O) groups is 1. The molecule has 1 aliphatic rings. The highest BCUT2D eigenvalue weighted by atomic mass is 32.2. The van der Waals surface area contributed by atoms with Crippen LogP contribution in [-0.4, -0.2) is 27.4 Å². The fourth-order valence-electron chi connectivity index (χ4n) is 3.16. The van der Waals surface area contributed by atoms with E-state index in [1.54, 1.807) is 11.8 Å². The van der Waals surface area contributed by atoms with Crippen LogP contribution in [0.1, 0.15) is 10.9 Å². The summed E-state index contributed by atoms with van der Waals surface area (Å²) < 4.78 is 2.20. The Morgan fingerprint density at radius 1 is 1.23 bits per heavy atom. The van der Waals surface area contributed by atoms with Gasteiger partial charge in [0.15, 0.2) is 0 Å². The molecule has 2 heterocycles. The van der Waals surface area contributed by atoms with E-state index in [-0.39, 0.29) is 5.37 Å². The number of nitrogens with zero attached hydrogens (tertiary/aromatic N) is 1. The monoisotopic (exact) mass is 312 g/mol. The van der Waals surface area contributed by atoms with Gasteiger partial charge in [0.2, 0.25) is 0 Å². The number of aromatic nitrogens is 1. The summed E-state index contributed by atoms with van der Waals surface area (Å²) in [6.45, 7) is 0. The highest BCUT2D eigenvalue weighted by Gasteiger charge is 2.30. The first kappa shape index (κ1) is 13.7. The molecule has 2 N–H and O–H groups in total. The minimum atomic E-state index is -0.777. The van der Waals surface area contributed by atoms with Crippen LogP contribution in [0.15, 0.2) is 42.5 Å². The summed E-state index contributed by atoms with van der Waals surface area (Å²) >= 11 is 1.65. The predicted octanol–water partition coefficient (Wildman–Crippen LogP) is 3.12. The Bertz CT molecular complexity index is 887. The number of rotatable bonds is 2. The molecule has 4 nitrogen and oxygen atoms in total. The standard InChI is InChI=1S/C17H16N2O2S/c1-19-14-5-3-2-4-11(14)12-8-10(6-7-15(12)19)16-18-13(9-22-16)17(20)21/h2-8,13,16,18H,9H2,1H3,(H,20,21)/t13-,16-/m0/s1. The number of fused-ring (bicyclic) bond motifs is 3. The third-order valence-corrected chi connectivity index (χ3v) is 5.59. The molecule has 0 unspecified atom stereocenters. The zero-order valence-corrected chi connectivity index (χ0v) is 12.9. The number of aryl methyl sites for hydroxylation is 1. The second kappa shape index (κ2) is 5.04. The lowest BCUT2D eigenvalue weighted by molar-refractivity contribution is -0.138. The highest BCUT2D eigenvalue weighted by molar-refractivity contribution is 7.99. The average Bonchev–Trinajstić information content (AvgIpc) is 3.13. The first-order chi connectivity index (χ1) is 10.6. The Hall–Kier alpha value is -1.98. The Morgan fingerprint density at radius 2 is 2.00 bits per heavy atom. The number of hydrogen-bond acceptors (Lipinski definition) is 3. The van der Waals surface area contributed by atoms with Crippen molar-refractivity contribution >= 4 is 39.5 Å². The fraction of sp³-hybridized carbons (Fsp3) is 0.235. The number of hydrogen-bond donors (Lipinski definition) is 2. The smallest absolute Gasteiger partial charge is 0.321 e. The molecule has 1 aromatic heterocycles. The van der Waals surface area contributed by atoms with Crippen molar-refractivity contribution in [3.8, 4) is 0 Å². The third-order valence-electron chi connectivity index (χ3n) is 4.32. The summed E-state index contributed by atoms with van der Waals surface area (Å²) in [7, 11) is 2.08. The van der Waals surface area contributed by atoms with Gasteiger partial charge in [0.25, 0.3) is 0 Å². The summed E-state index contributed by atoms with van der Waals surface area (Å²) in [6, 6.07) is 14.3. The van der Waals surface area contributed by atoms with Crippen molar-refractivity contribution in [2.75, 3.05) is 5.75 Å². The summed E-state index contributed by atoms with van der Waals surface area (Å²) in [4.78, 5) is 11.1. The lowest BCUT2D eigenvalue weighted by Gasteiger charge is -2.11. The van der Waals surface area contributed by atoms with Crippen LogP contribution in [0.4, 0.5) is 0 Å². The highest BCUT2D eigenvalue weighted by Crippen LogP contribution is 2.36. The van der Waals surface area contributed by atoms with Gasteiger partial charge in [-0.2, -0.15) is 0 Å². The molecule has 0 spiro atoms. The van der Waals surface area contributed by atoms with E-state index in [0.717, 1.165) is 5.56 Å². The molecule has 112 valence electrons. The average molecular weight is 312 g/mol. The van der Waals surface area contributed by atoms with E-state index in [0.29, 0.717) is 5.75 Å². The molecular formula is C17H16N2O2S. The summed E-state index contributed by atoms with van der Waals surface area (Å²) in [6.07, 6.45) is 0. The van der Waals surface area contributed by atoms with Crippen LogP contribution in [0.5, 0.6) is 0 Å². The Morgan fingerprint density at radius 3 is 2.77 bits per heavy atom. The van der Waals surface area contributed by atoms with E-state index in [1.165, 1.54) is 21.8 Å². The van der Waals surface area contributed by atoms with Crippen LogP contribution in [0.2, 0.25) is 0 Å². The van der Waals surface area contributed by atoms with Gasteiger partial charge in [0.1, 0.15) is 6.04 Å². The minimum Gasteiger partial charge on any atom is -0.480 e. The van der Waals surface area contributed by atoms with Gasteiger partial charge in [0, 0.05) is 34.6 Å². The molecule has 0 amide bonds. The quantitative estimate of drug-likeness (QED) is 0.763. The van der Waals surface area contributed by atoms with Gasteiger partial charge in [-0.3, -0.25) is 10.1 Å². The minimum absolute atomic E-state index is 0.0458. The van der Waals surface area contributed by atoms with E-state index in [2.05, 4.69) is 53.3 Å². The van der Waals surface area contributed by atoms with Gasteiger partial charge in [-0.15, -0.1) is 11.8 Å². The molecule has 22 heavy (non-hydrogen) atoms. The number of nitrogens with one attached hydrogen (secondary N) is 1. The van der Waals surface area contributed by atoms with Gasteiger partial charge >= 0.3 is 5.97 Å². The number of para-hydroxylation sites is 1. The number of carboxylic acids is 1. The van der Waals surface area contributed by atoms with Crippen molar-refractivity contribution in [2.24, 2.45) is 7.05 Å². The molecule has 2 aromatic carbocycles. The summed E-state index contributed by atoms with van der Waals surface area (Å²) in [5.74, 6) is -0.172. The van der Waals surface area contributed by atoms with Crippen molar-refractivity contribution < 1.29 is 9.90 Å². The van der Waals surface area contributed by atoms with E-state index < -0.39 is 12.0 Å². The van der Waals surface area contributed by atoms with E-state index in [4.69, 9.17) is 5.11 Å². The maximum absolute atomic E-state index is 11.1. The van der Waals surface area contributed by atoms with E-state index in [9.17, 15) is 4.79 Å². The predicted molar refractivity (Wildman–Crippen MR) is 90.2 cm³/mol. The summed E-state index contributed by atoms with van der Waals surface area (Å²) in [5, 5.41) is 14.8. The van der Waals surface area contributed by atoms with Crippen LogP contribution in [0, 0.1) is 0 Å². The first-order valence-electron chi connectivity index (χ1n) is 7.22. The van der Waals surface area contributed by atoms with Crippen LogP contribution in [0.25, 0.3) is 21.8 Å². The zero-order chi connectivity index (χ0) is 15.3. The van der Waals surface area contributed by atoms with Gasteiger partial charge < -0.3 is 9.67 Å². The fourth-order valence-corrected chi connectivity index (χ4v) is 4.38.